The molecule has 66 valence electrons. The number of nitrogens with zero attached hydrogens (tertiary/aromatic N) is 1. The van der Waals surface area contributed by atoms with Crippen molar-refractivity contribution in [2.24, 2.45) is 17.4 Å². The molecule has 4 heteroatoms. The Labute approximate surface area is 67.5 Å². The molecule has 4 nitrogen and oxygen atoms in total. The molecule has 1 atom stereocenters. The minimum atomic E-state index is -0.256. The molecule has 0 aromatic rings. The summed E-state index contributed by atoms with van der Waals surface area (Å²) in [7, 11) is 1.92. The molecule has 0 bridgehead atoms. The number of amides is 1. The van der Waals surface area contributed by atoms with Gasteiger partial charge in [-0.1, -0.05) is 6.92 Å². The van der Waals surface area contributed by atoms with Crippen LogP contribution in [0.2, 0.25) is 0 Å². The Hall–Kier alpha value is -0.610. The van der Waals surface area contributed by atoms with Crippen LogP contribution in [-0.4, -0.2) is 37.5 Å². The van der Waals surface area contributed by atoms with E-state index in [2.05, 4.69) is 0 Å². The minimum Gasteiger partial charge on any atom is -0.369 e. The Kier molecular flexibility index (Phi) is 4.81. The molecule has 0 fully saturated rings. The van der Waals surface area contributed by atoms with Crippen molar-refractivity contribution in [3.8, 4) is 0 Å². The van der Waals surface area contributed by atoms with Crippen LogP contribution in [0, 0.1) is 5.92 Å². The number of hydrogen-bond donors (Lipinski definition) is 2. The van der Waals surface area contributed by atoms with Crippen LogP contribution in [0.1, 0.15) is 6.92 Å². The quantitative estimate of drug-likeness (QED) is 0.540. The van der Waals surface area contributed by atoms with E-state index in [9.17, 15) is 4.79 Å². The molecule has 0 aliphatic rings. The second kappa shape index (κ2) is 5.09. The van der Waals surface area contributed by atoms with Crippen molar-refractivity contribution in [3.63, 3.8) is 0 Å². The summed E-state index contributed by atoms with van der Waals surface area (Å²) in [6.45, 7) is 3.92. The summed E-state index contributed by atoms with van der Waals surface area (Å²) in [5.74, 6) is -0.347. The first kappa shape index (κ1) is 10.4. The van der Waals surface area contributed by atoms with Crippen molar-refractivity contribution in [1.82, 2.24) is 4.90 Å². The molecule has 0 radical (unpaired) electrons. The van der Waals surface area contributed by atoms with Gasteiger partial charge in [0.15, 0.2) is 0 Å². The second-order valence-corrected chi connectivity index (χ2v) is 2.85. The number of primary amides is 1. The maximum absolute atomic E-state index is 10.6. The summed E-state index contributed by atoms with van der Waals surface area (Å²) < 4.78 is 0. The Morgan fingerprint density at radius 1 is 1.64 bits per heavy atom. The summed E-state index contributed by atoms with van der Waals surface area (Å²) in [6, 6.07) is 0. The van der Waals surface area contributed by atoms with Gasteiger partial charge in [0.25, 0.3) is 0 Å². The van der Waals surface area contributed by atoms with E-state index in [1.54, 1.807) is 0 Å². The van der Waals surface area contributed by atoms with Gasteiger partial charge in [-0.05, 0) is 7.05 Å². The molecule has 0 heterocycles. The third-order valence-electron chi connectivity index (χ3n) is 1.58. The number of carbonyl (C=O) groups is 1. The van der Waals surface area contributed by atoms with E-state index in [0.29, 0.717) is 13.1 Å². The van der Waals surface area contributed by atoms with Crippen molar-refractivity contribution in [2.75, 3.05) is 26.7 Å². The van der Waals surface area contributed by atoms with E-state index < -0.39 is 0 Å². The second-order valence-electron chi connectivity index (χ2n) is 2.85. The zero-order valence-corrected chi connectivity index (χ0v) is 7.21. The van der Waals surface area contributed by atoms with Gasteiger partial charge in [-0.3, -0.25) is 4.79 Å². The maximum atomic E-state index is 10.6. The van der Waals surface area contributed by atoms with Crippen LogP contribution in [-0.2, 0) is 4.79 Å². The Morgan fingerprint density at radius 3 is 2.55 bits per heavy atom. The largest absolute Gasteiger partial charge is 0.369 e. The lowest BCUT2D eigenvalue weighted by atomic mass is 10.1. The van der Waals surface area contributed by atoms with Crippen LogP contribution in [0.15, 0.2) is 0 Å². The average Bonchev–Trinajstić information content (AvgIpc) is 1.87. The summed E-state index contributed by atoms with van der Waals surface area (Å²) in [4.78, 5) is 12.6. The van der Waals surface area contributed by atoms with Crippen LogP contribution in [0.5, 0.6) is 0 Å². The molecule has 0 spiro atoms. The third-order valence-corrected chi connectivity index (χ3v) is 1.58. The fourth-order valence-electron chi connectivity index (χ4n) is 0.869. The van der Waals surface area contributed by atoms with E-state index >= 15 is 0 Å². The van der Waals surface area contributed by atoms with Gasteiger partial charge >= 0.3 is 0 Å². The summed E-state index contributed by atoms with van der Waals surface area (Å²) >= 11 is 0. The molecular formula is C7H17N3O. The molecule has 0 rings (SSSR count). The number of likely N-dealkylation sites (N-methyl/N-ethyl adjacent to an activating group) is 1. The fourth-order valence-corrected chi connectivity index (χ4v) is 0.869. The van der Waals surface area contributed by atoms with Crippen LogP contribution in [0.25, 0.3) is 0 Å². The summed E-state index contributed by atoms with van der Waals surface area (Å²) in [5, 5.41) is 0. The van der Waals surface area contributed by atoms with E-state index in [1.165, 1.54) is 0 Å². The molecule has 0 aromatic heterocycles. The molecule has 0 aromatic carbocycles. The lowest BCUT2D eigenvalue weighted by Crippen LogP contribution is -2.34. The molecule has 0 aliphatic heterocycles. The highest BCUT2D eigenvalue weighted by Gasteiger charge is 2.10. The van der Waals surface area contributed by atoms with Crippen molar-refractivity contribution >= 4 is 5.91 Å². The molecule has 1 unspecified atom stereocenters. The van der Waals surface area contributed by atoms with Gasteiger partial charge in [0.1, 0.15) is 0 Å². The molecule has 0 aliphatic carbocycles. The molecule has 0 saturated heterocycles. The Bertz CT molecular complexity index is 127. The van der Waals surface area contributed by atoms with Crippen LogP contribution in [0.4, 0.5) is 0 Å². The normalized spacial score (nSPS) is 13.5. The Balaban J connectivity index is 3.56. The van der Waals surface area contributed by atoms with E-state index in [0.717, 1.165) is 6.54 Å². The first-order valence-electron chi connectivity index (χ1n) is 3.75. The SMILES string of the molecule is CC(CN(C)CCN)C(N)=O. The lowest BCUT2D eigenvalue weighted by Gasteiger charge is -2.17. The zero-order valence-electron chi connectivity index (χ0n) is 7.21. The Morgan fingerprint density at radius 2 is 2.18 bits per heavy atom. The minimum absolute atomic E-state index is 0.0912. The van der Waals surface area contributed by atoms with Crippen LogP contribution < -0.4 is 11.5 Å². The zero-order chi connectivity index (χ0) is 8.85. The molecule has 1 amide bonds. The van der Waals surface area contributed by atoms with Crippen molar-refractivity contribution in [3.05, 3.63) is 0 Å². The molecule has 0 saturated carbocycles. The fraction of sp³-hybridized carbons (Fsp3) is 0.857. The third kappa shape index (κ3) is 4.75. The van der Waals surface area contributed by atoms with Gasteiger partial charge in [-0.2, -0.15) is 0 Å². The predicted octanol–water partition coefficient (Wildman–Crippen LogP) is -1.00. The average molecular weight is 159 g/mol. The predicted molar refractivity (Wildman–Crippen MR) is 44.9 cm³/mol. The van der Waals surface area contributed by atoms with Gasteiger partial charge in [0.05, 0.1) is 0 Å². The summed E-state index contributed by atoms with van der Waals surface area (Å²) in [6.07, 6.45) is 0. The van der Waals surface area contributed by atoms with E-state index in [4.69, 9.17) is 11.5 Å². The first-order valence-corrected chi connectivity index (χ1v) is 3.75. The standard InChI is InChI=1S/C7H17N3O/c1-6(7(9)11)5-10(2)4-3-8/h6H,3-5,8H2,1-2H3,(H2,9,11). The monoisotopic (exact) mass is 159 g/mol. The van der Waals surface area contributed by atoms with Gasteiger partial charge < -0.3 is 16.4 Å². The number of rotatable bonds is 5. The van der Waals surface area contributed by atoms with Crippen molar-refractivity contribution in [1.29, 1.82) is 0 Å². The van der Waals surface area contributed by atoms with Gasteiger partial charge in [-0.25, -0.2) is 0 Å². The van der Waals surface area contributed by atoms with Crippen LogP contribution >= 0.6 is 0 Å². The van der Waals surface area contributed by atoms with Crippen molar-refractivity contribution in [2.45, 2.75) is 6.92 Å². The lowest BCUT2D eigenvalue weighted by molar-refractivity contribution is -0.121. The molecule has 4 N–H and O–H groups in total. The number of carbonyl (C=O) groups excluding carboxylic acids is 1. The topological polar surface area (TPSA) is 72.3 Å². The van der Waals surface area contributed by atoms with Gasteiger partial charge in [0.2, 0.25) is 5.91 Å². The number of hydrogen-bond acceptors (Lipinski definition) is 3. The number of nitrogens with two attached hydrogens (primary N) is 2. The highest BCUT2D eigenvalue weighted by atomic mass is 16.1. The molecule has 11 heavy (non-hydrogen) atoms. The van der Waals surface area contributed by atoms with Crippen LogP contribution in [0.3, 0.4) is 0 Å². The summed E-state index contributed by atoms with van der Waals surface area (Å²) in [5.41, 5.74) is 10.4. The van der Waals surface area contributed by atoms with E-state index in [-0.39, 0.29) is 11.8 Å². The maximum Gasteiger partial charge on any atom is 0.221 e. The molecular weight excluding hydrogens is 142 g/mol. The van der Waals surface area contributed by atoms with Gasteiger partial charge in [-0.15, -0.1) is 0 Å². The first-order chi connectivity index (χ1) is 5.07. The van der Waals surface area contributed by atoms with Gasteiger partial charge in [0, 0.05) is 25.6 Å². The highest BCUT2D eigenvalue weighted by molar-refractivity contribution is 5.76. The van der Waals surface area contributed by atoms with E-state index in [1.807, 2.05) is 18.9 Å². The van der Waals surface area contributed by atoms with Crippen molar-refractivity contribution < 1.29 is 4.79 Å². The smallest absolute Gasteiger partial charge is 0.221 e. The highest BCUT2D eigenvalue weighted by Crippen LogP contribution is 1.95.